The van der Waals surface area contributed by atoms with Gasteiger partial charge in [-0.25, -0.2) is 0 Å². The van der Waals surface area contributed by atoms with E-state index in [1.807, 2.05) is 0 Å². The normalized spacial score (nSPS) is 11.1. The quantitative estimate of drug-likeness (QED) is 0.272. The summed E-state index contributed by atoms with van der Waals surface area (Å²) in [4.78, 5) is 18.2. The molecule has 0 aliphatic heterocycles. The largest absolute Gasteiger partial charge is 0.197 e. The Balaban J connectivity index is 1.77. The van der Waals surface area contributed by atoms with Gasteiger partial charge in [-0.3, -0.25) is 0 Å². The number of benzene rings is 3. The smallest absolute Gasteiger partial charge is 0.196 e. The highest BCUT2D eigenvalue weighted by molar-refractivity contribution is 8.00. The predicted octanol–water partition coefficient (Wildman–Crippen LogP) is 8.18. The van der Waals surface area contributed by atoms with Crippen molar-refractivity contribution in [1.29, 1.82) is 0 Å². The molecule has 6 heteroatoms. The summed E-state index contributed by atoms with van der Waals surface area (Å²) in [5, 5.41) is 2.18. The molecule has 1 aromatic heterocycles. The highest BCUT2D eigenvalue weighted by Gasteiger charge is 2.16. The maximum absolute atomic E-state index is 4.87. The number of hydrogen-bond donors (Lipinski definition) is 0. The molecular weight excluding hydrogens is 463 g/mol. The van der Waals surface area contributed by atoms with Crippen molar-refractivity contribution in [3.63, 3.8) is 0 Å². The molecule has 0 bridgehead atoms. The van der Waals surface area contributed by atoms with Crippen LogP contribution < -0.4 is 0 Å². The van der Waals surface area contributed by atoms with Crippen LogP contribution in [0.4, 0.5) is 0 Å². The molecule has 1 heterocycles. The van der Waals surface area contributed by atoms with E-state index in [4.69, 9.17) is 15.0 Å². The van der Waals surface area contributed by atoms with Crippen molar-refractivity contribution in [2.24, 2.45) is 0 Å². The monoisotopic (exact) mass is 489 g/mol. The van der Waals surface area contributed by atoms with Gasteiger partial charge in [0.25, 0.3) is 0 Å². The Morgan fingerprint density at radius 2 is 0.606 bits per heavy atom. The van der Waals surface area contributed by atoms with Crippen LogP contribution in [-0.2, 0) is 0 Å². The molecule has 0 atom stereocenters. The van der Waals surface area contributed by atoms with Crippen LogP contribution in [0.1, 0.15) is 33.4 Å². The molecule has 0 radical (unpaired) electrons. The summed E-state index contributed by atoms with van der Waals surface area (Å²) in [5.74, 6) is 0. The van der Waals surface area contributed by atoms with E-state index in [1.54, 1.807) is 35.3 Å². The van der Waals surface area contributed by atoms with Crippen LogP contribution in [0.25, 0.3) is 0 Å². The Kier molecular flexibility index (Phi) is 7.47. The van der Waals surface area contributed by atoms with Crippen LogP contribution in [0.2, 0.25) is 0 Å². The zero-order valence-electron chi connectivity index (χ0n) is 19.8. The SMILES string of the molecule is Cc1cccc(C)c1Sc1nc(Sc2c(C)cccc2C)nc(Sc2c(C)cccc2C)n1. The van der Waals surface area contributed by atoms with Crippen LogP contribution in [0.15, 0.2) is 84.8 Å². The van der Waals surface area contributed by atoms with Crippen LogP contribution >= 0.6 is 35.3 Å². The van der Waals surface area contributed by atoms with Gasteiger partial charge in [-0.05, 0) is 110 Å². The van der Waals surface area contributed by atoms with Gasteiger partial charge in [0.2, 0.25) is 0 Å². The molecule has 0 aliphatic carbocycles. The molecule has 0 spiro atoms. The second-order valence-corrected chi connectivity index (χ2v) is 11.1. The highest BCUT2D eigenvalue weighted by Crippen LogP contribution is 2.37. The van der Waals surface area contributed by atoms with E-state index < -0.39 is 0 Å². The lowest BCUT2D eigenvalue weighted by atomic mass is 10.2. The van der Waals surface area contributed by atoms with Gasteiger partial charge in [0.1, 0.15) is 0 Å². The second-order valence-electron chi connectivity index (χ2n) is 8.15. The van der Waals surface area contributed by atoms with Crippen molar-refractivity contribution >= 4 is 35.3 Å². The summed E-state index contributed by atoms with van der Waals surface area (Å²) in [6.07, 6.45) is 0. The lowest BCUT2D eigenvalue weighted by molar-refractivity contribution is 0.716. The summed E-state index contributed by atoms with van der Waals surface area (Å²) >= 11 is 4.85. The minimum atomic E-state index is 0.727. The molecule has 168 valence electrons. The molecule has 0 saturated carbocycles. The first-order valence-electron chi connectivity index (χ1n) is 10.8. The molecule has 33 heavy (non-hydrogen) atoms. The van der Waals surface area contributed by atoms with E-state index in [9.17, 15) is 0 Å². The average Bonchev–Trinajstić information content (AvgIpc) is 2.76. The summed E-state index contributed by atoms with van der Waals surface area (Å²) in [6, 6.07) is 19.1. The molecule has 0 N–H and O–H groups in total. The van der Waals surface area contributed by atoms with Gasteiger partial charge in [0.05, 0.1) is 0 Å². The van der Waals surface area contributed by atoms with Gasteiger partial charge >= 0.3 is 0 Å². The lowest BCUT2D eigenvalue weighted by Crippen LogP contribution is -1.99. The number of rotatable bonds is 6. The third-order valence-electron chi connectivity index (χ3n) is 5.38. The minimum Gasteiger partial charge on any atom is -0.196 e. The molecule has 0 unspecified atom stereocenters. The third-order valence-corrected chi connectivity index (χ3v) is 9.02. The fourth-order valence-corrected chi connectivity index (χ4v) is 6.50. The van der Waals surface area contributed by atoms with Crippen molar-refractivity contribution in [2.75, 3.05) is 0 Å². The Hall–Kier alpha value is -2.28. The highest BCUT2D eigenvalue weighted by atomic mass is 32.2. The maximum Gasteiger partial charge on any atom is 0.197 e. The van der Waals surface area contributed by atoms with Gasteiger partial charge in [0, 0.05) is 14.7 Å². The molecule has 3 nitrogen and oxygen atoms in total. The summed E-state index contributed by atoms with van der Waals surface area (Å²) in [7, 11) is 0. The predicted molar refractivity (Wildman–Crippen MR) is 140 cm³/mol. The molecule has 0 saturated heterocycles. The standard InChI is InChI=1S/C27H27N3S3/c1-16-10-7-11-17(2)22(16)31-25-28-26(32-23-18(3)12-8-13-19(23)4)30-27(29-25)33-24-20(5)14-9-15-21(24)6/h7-15H,1-6H3. The van der Waals surface area contributed by atoms with E-state index in [0.717, 1.165) is 15.5 Å². The molecule has 0 fully saturated rings. The zero-order valence-corrected chi connectivity index (χ0v) is 22.2. The van der Waals surface area contributed by atoms with Crippen molar-refractivity contribution in [2.45, 2.75) is 71.7 Å². The first kappa shape index (κ1) is 23.9. The second kappa shape index (κ2) is 10.3. The first-order valence-corrected chi connectivity index (χ1v) is 13.2. The van der Waals surface area contributed by atoms with Gasteiger partial charge in [0.15, 0.2) is 15.5 Å². The van der Waals surface area contributed by atoms with Crippen LogP contribution in [0.5, 0.6) is 0 Å². The Labute approximate surface area is 209 Å². The van der Waals surface area contributed by atoms with E-state index in [0.29, 0.717) is 0 Å². The van der Waals surface area contributed by atoms with Crippen molar-refractivity contribution in [3.8, 4) is 0 Å². The van der Waals surface area contributed by atoms with Crippen molar-refractivity contribution in [1.82, 2.24) is 15.0 Å². The Morgan fingerprint density at radius 3 is 0.818 bits per heavy atom. The number of hydrogen-bond acceptors (Lipinski definition) is 6. The third kappa shape index (κ3) is 5.62. The van der Waals surface area contributed by atoms with Crippen LogP contribution in [-0.4, -0.2) is 15.0 Å². The lowest BCUT2D eigenvalue weighted by Gasteiger charge is -2.13. The molecule has 0 aliphatic rings. The average molecular weight is 490 g/mol. The van der Waals surface area contributed by atoms with E-state index in [-0.39, 0.29) is 0 Å². The first-order chi connectivity index (χ1) is 15.8. The van der Waals surface area contributed by atoms with E-state index in [2.05, 4.69) is 96.1 Å². The van der Waals surface area contributed by atoms with E-state index >= 15 is 0 Å². The zero-order chi connectivity index (χ0) is 23.5. The van der Waals surface area contributed by atoms with Gasteiger partial charge in [-0.1, -0.05) is 54.6 Å². The molecule has 0 amide bonds. The summed E-state index contributed by atoms with van der Waals surface area (Å²) in [6.45, 7) is 12.8. The topological polar surface area (TPSA) is 38.7 Å². The fourth-order valence-electron chi connectivity index (χ4n) is 3.61. The van der Waals surface area contributed by atoms with Gasteiger partial charge < -0.3 is 0 Å². The number of aryl methyl sites for hydroxylation is 6. The number of nitrogens with zero attached hydrogens (tertiary/aromatic N) is 3. The molecule has 4 aromatic rings. The Bertz CT molecular complexity index is 1080. The molecule has 4 rings (SSSR count). The Morgan fingerprint density at radius 1 is 0.394 bits per heavy atom. The minimum absolute atomic E-state index is 0.727. The van der Waals surface area contributed by atoms with Crippen LogP contribution in [0.3, 0.4) is 0 Å². The van der Waals surface area contributed by atoms with E-state index in [1.165, 1.54) is 48.1 Å². The van der Waals surface area contributed by atoms with Gasteiger partial charge in [-0.2, -0.15) is 15.0 Å². The summed E-state index contributed by atoms with van der Waals surface area (Å²) in [5.41, 5.74) is 7.38. The summed E-state index contributed by atoms with van der Waals surface area (Å²) < 4.78 is 0. The fraction of sp³-hybridized carbons (Fsp3) is 0.222. The van der Waals surface area contributed by atoms with Crippen molar-refractivity contribution in [3.05, 3.63) is 88.0 Å². The molecule has 3 aromatic carbocycles. The molecular formula is C27H27N3S3. The van der Waals surface area contributed by atoms with Crippen LogP contribution in [0, 0.1) is 41.5 Å². The van der Waals surface area contributed by atoms with Gasteiger partial charge in [-0.15, -0.1) is 0 Å². The maximum atomic E-state index is 4.87. The number of aromatic nitrogens is 3. The van der Waals surface area contributed by atoms with Crippen molar-refractivity contribution < 1.29 is 0 Å².